The van der Waals surface area contributed by atoms with Crippen molar-refractivity contribution in [2.75, 3.05) is 40.9 Å². The van der Waals surface area contributed by atoms with Gasteiger partial charge in [0.2, 0.25) is 5.91 Å². The van der Waals surface area contributed by atoms with Crippen LogP contribution >= 0.6 is 7.82 Å². The molecule has 77 heavy (non-hydrogen) atoms. The van der Waals surface area contributed by atoms with Gasteiger partial charge >= 0.3 is 13.8 Å². The maximum Gasteiger partial charge on any atom is 0.472 e. The fourth-order valence-electron chi connectivity index (χ4n) is 9.40. The Morgan fingerprint density at radius 3 is 1.22 bits per heavy atom. The number of ether oxygens (including phenoxy) is 1. The lowest BCUT2D eigenvalue weighted by molar-refractivity contribution is -0.870. The highest BCUT2D eigenvalue weighted by Crippen LogP contribution is 2.43. The van der Waals surface area contributed by atoms with Gasteiger partial charge in [-0.15, -0.1) is 0 Å². The lowest BCUT2D eigenvalue weighted by Gasteiger charge is -2.27. The van der Waals surface area contributed by atoms with Gasteiger partial charge in [0.25, 0.3) is 0 Å². The van der Waals surface area contributed by atoms with Gasteiger partial charge in [0.1, 0.15) is 19.3 Å². The third-order valence-corrected chi connectivity index (χ3v) is 15.4. The molecule has 0 heterocycles. The van der Waals surface area contributed by atoms with Gasteiger partial charge in [-0.05, 0) is 76.7 Å². The molecule has 0 aliphatic carbocycles. The number of nitrogens with zero attached hydrogens (tertiary/aromatic N) is 1. The summed E-state index contributed by atoms with van der Waals surface area (Å²) in [5, 5.41) is 3.05. The molecule has 3 atom stereocenters. The second-order valence-electron chi connectivity index (χ2n) is 23.3. The molecular weight excluding hydrogens is 976 g/mol. The quantitative estimate of drug-likeness (QED) is 0.0205. The number of likely N-dealkylation sites (N-methyl/N-ethyl adjacent to an activating group) is 1. The number of hydrogen-bond acceptors (Lipinski definition) is 6. The average molecular weight is 1100 g/mol. The molecule has 3 unspecified atom stereocenters. The van der Waals surface area contributed by atoms with Gasteiger partial charge in [-0.2, -0.15) is 0 Å². The highest BCUT2D eigenvalue weighted by Gasteiger charge is 2.30. The second kappa shape index (κ2) is 57.0. The molecule has 2 N–H and O–H groups in total. The minimum absolute atomic E-state index is 0.0338. The van der Waals surface area contributed by atoms with Crippen LogP contribution in [0.1, 0.15) is 303 Å². The largest absolute Gasteiger partial charge is 0.472 e. The molecule has 0 aromatic carbocycles. The standard InChI is InChI=1S/C67H125N2O7P/c1-7-10-13-16-19-22-25-28-30-32-34-36-38-41-44-47-50-53-56-59-66(70)68-64(63-75-77(72,73)74-62-61-69(4,5)6)65(58-55-52-49-46-43-40-27-24-21-18-15-12-9-3)76-67(71)60-57-54-51-48-45-42-39-37-35-33-31-29-26-23-20-17-14-11-8-2/h19,22,28,30,34,36,41,44,55,58,64-65H,7-18,20-21,23-27,29,31-33,35,37-40,42-43,45-54,56-57,59-63H2,1-6H3,(H-,68,70,72,73)/p+1/b22-19-,30-28-,36-34-,44-41-,58-55+. The molecule has 0 aromatic rings. The number of phosphoric ester groups is 1. The van der Waals surface area contributed by atoms with Crippen molar-refractivity contribution in [1.29, 1.82) is 0 Å². The fraction of sp³-hybridized carbons (Fsp3) is 0.821. The van der Waals surface area contributed by atoms with Crippen LogP contribution in [0.2, 0.25) is 0 Å². The first-order valence-electron chi connectivity index (χ1n) is 32.6. The van der Waals surface area contributed by atoms with Crippen molar-refractivity contribution in [3.05, 3.63) is 60.8 Å². The number of quaternary nitrogens is 1. The van der Waals surface area contributed by atoms with E-state index < -0.39 is 20.0 Å². The van der Waals surface area contributed by atoms with Crippen LogP contribution in [0.25, 0.3) is 0 Å². The van der Waals surface area contributed by atoms with Crippen LogP contribution in [0.5, 0.6) is 0 Å². The van der Waals surface area contributed by atoms with Crippen molar-refractivity contribution in [2.24, 2.45) is 0 Å². The van der Waals surface area contributed by atoms with E-state index in [1.54, 1.807) is 0 Å². The third-order valence-electron chi connectivity index (χ3n) is 14.5. The molecule has 0 rings (SSSR count). The topological polar surface area (TPSA) is 111 Å². The van der Waals surface area contributed by atoms with Crippen molar-refractivity contribution in [2.45, 2.75) is 315 Å². The van der Waals surface area contributed by atoms with Crippen molar-refractivity contribution in [3.8, 4) is 0 Å². The predicted molar refractivity (Wildman–Crippen MR) is 332 cm³/mol. The molecule has 0 aliphatic rings. The van der Waals surface area contributed by atoms with Crippen molar-refractivity contribution in [3.63, 3.8) is 0 Å². The van der Waals surface area contributed by atoms with Crippen LogP contribution in [0.3, 0.4) is 0 Å². The SMILES string of the molecule is CCCCC/C=C\C/C=C\C/C=C\C/C=C\CCCCCC(=O)NC(COP(=O)(O)OCC[N+](C)(C)C)C(/C=C/CCCCCCCCCCCCC)OC(=O)CCCCCCCCCCCCCCCCCCCCC. The van der Waals surface area contributed by atoms with Crippen LogP contribution < -0.4 is 5.32 Å². The van der Waals surface area contributed by atoms with E-state index in [-0.39, 0.29) is 31.5 Å². The molecular formula is C67H126N2O7P+. The van der Waals surface area contributed by atoms with Gasteiger partial charge in [0, 0.05) is 12.8 Å². The Bertz CT molecular complexity index is 1500. The number of nitrogens with one attached hydrogen (secondary N) is 1. The Kier molecular flexibility index (Phi) is 55.3. The zero-order valence-corrected chi connectivity index (χ0v) is 52.3. The molecule has 0 spiro atoms. The maximum absolute atomic E-state index is 13.6. The second-order valence-corrected chi connectivity index (χ2v) is 24.7. The Morgan fingerprint density at radius 2 is 0.792 bits per heavy atom. The number of allylic oxidation sites excluding steroid dienone is 9. The first-order valence-corrected chi connectivity index (χ1v) is 34.1. The molecule has 0 aromatic heterocycles. The van der Waals surface area contributed by atoms with E-state index >= 15 is 0 Å². The van der Waals surface area contributed by atoms with Gasteiger partial charge in [-0.1, -0.05) is 275 Å². The molecule has 0 aliphatic heterocycles. The van der Waals surface area contributed by atoms with Gasteiger partial charge < -0.3 is 19.4 Å². The molecule has 1 amide bonds. The number of unbranched alkanes of at least 4 members (excludes halogenated alkanes) is 35. The number of phosphoric acid groups is 1. The smallest absolute Gasteiger partial charge is 0.456 e. The third kappa shape index (κ3) is 58.2. The monoisotopic (exact) mass is 1100 g/mol. The van der Waals surface area contributed by atoms with Gasteiger partial charge in [0.15, 0.2) is 0 Å². The zero-order valence-electron chi connectivity index (χ0n) is 51.5. The fourth-order valence-corrected chi connectivity index (χ4v) is 10.1. The van der Waals surface area contributed by atoms with Crippen LogP contribution in [0.15, 0.2) is 60.8 Å². The highest BCUT2D eigenvalue weighted by atomic mass is 31.2. The van der Waals surface area contributed by atoms with E-state index in [2.05, 4.69) is 74.7 Å². The van der Waals surface area contributed by atoms with E-state index in [0.717, 1.165) is 77.0 Å². The van der Waals surface area contributed by atoms with E-state index in [9.17, 15) is 19.0 Å². The van der Waals surface area contributed by atoms with Gasteiger partial charge in [-0.3, -0.25) is 18.6 Å². The molecule has 0 saturated heterocycles. The molecule has 450 valence electrons. The summed E-state index contributed by atoms with van der Waals surface area (Å²) in [6.07, 6.45) is 72.2. The number of hydrogen-bond donors (Lipinski definition) is 2. The summed E-state index contributed by atoms with van der Waals surface area (Å²) in [6, 6.07) is -0.865. The summed E-state index contributed by atoms with van der Waals surface area (Å²) in [6.45, 7) is 6.99. The highest BCUT2D eigenvalue weighted by molar-refractivity contribution is 7.47. The summed E-state index contributed by atoms with van der Waals surface area (Å²) in [7, 11) is 1.48. The van der Waals surface area contributed by atoms with Gasteiger partial charge in [0.05, 0.1) is 33.8 Å². The van der Waals surface area contributed by atoms with Crippen LogP contribution in [-0.2, 0) is 27.9 Å². The Morgan fingerprint density at radius 1 is 0.455 bits per heavy atom. The Balaban J connectivity index is 5.29. The van der Waals surface area contributed by atoms with Crippen LogP contribution in [-0.4, -0.2) is 74.3 Å². The van der Waals surface area contributed by atoms with E-state index in [1.807, 2.05) is 33.3 Å². The number of amides is 1. The van der Waals surface area contributed by atoms with Gasteiger partial charge in [-0.25, -0.2) is 4.57 Å². The predicted octanol–water partition coefficient (Wildman–Crippen LogP) is 20.2. The lowest BCUT2D eigenvalue weighted by atomic mass is 10.0. The maximum atomic E-state index is 13.6. The molecule has 0 radical (unpaired) electrons. The van der Waals surface area contributed by atoms with Crippen LogP contribution in [0, 0.1) is 0 Å². The molecule has 0 bridgehead atoms. The Labute approximate surface area is 477 Å². The van der Waals surface area contributed by atoms with E-state index in [0.29, 0.717) is 23.9 Å². The minimum Gasteiger partial charge on any atom is -0.456 e. The summed E-state index contributed by atoms with van der Waals surface area (Å²) >= 11 is 0. The van der Waals surface area contributed by atoms with E-state index in [1.165, 1.54) is 186 Å². The van der Waals surface area contributed by atoms with Crippen molar-refractivity contribution < 1.29 is 37.3 Å². The molecule has 9 nitrogen and oxygen atoms in total. The van der Waals surface area contributed by atoms with E-state index in [4.69, 9.17) is 13.8 Å². The normalized spacial score (nSPS) is 14.0. The summed E-state index contributed by atoms with van der Waals surface area (Å²) in [5.41, 5.74) is 0. The molecule has 0 fully saturated rings. The molecule has 0 saturated carbocycles. The summed E-state index contributed by atoms with van der Waals surface area (Å²) < 4.78 is 30.7. The number of carbonyl (C=O) groups excluding carboxylic acids is 2. The molecule has 10 heteroatoms. The summed E-state index contributed by atoms with van der Waals surface area (Å²) in [5.74, 6) is -0.530. The summed E-state index contributed by atoms with van der Waals surface area (Å²) in [4.78, 5) is 37.8. The lowest BCUT2D eigenvalue weighted by Crippen LogP contribution is -2.47. The number of rotatable bonds is 59. The zero-order chi connectivity index (χ0) is 56.4. The number of esters is 1. The number of carbonyl (C=O) groups is 2. The first-order chi connectivity index (χ1) is 37.4. The average Bonchev–Trinajstić information content (AvgIpc) is 3.39. The van der Waals surface area contributed by atoms with Crippen molar-refractivity contribution in [1.82, 2.24) is 5.32 Å². The first kappa shape index (κ1) is 74.7. The van der Waals surface area contributed by atoms with Crippen molar-refractivity contribution >= 4 is 19.7 Å². The minimum atomic E-state index is -4.46. The van der Waals surface area contributed by atoms with Crippen LogP contribution in [0.4, 0.5) is 0 Å². The Hall–Kier alpha value is -2.29.